The number of carbonyl (C=O) groups excluding carboxylic acids is 1. The number of halogens is 3. The summed E-state index contributed by atoms with van der Waals surface area (Å²) < 4.78 is 44.6. The Morgan fingerprint density at radius 1 is 1.46 bits per heavy atom. The van der Waals surface area contributed by atoms with E-state index in [9.17, 15) is 18.0 Å². The van der Waals surface area contributed by atoms with Crippen molar-refractivity contribution < 1.29 is 22.5 Å². The Hall–Kier alpha value is -2.32. The fourth-order valence-electron chi connectivity index (χ4n) is 2.95. The summed E-state index contributed by atoms with van der Waals surface area (Å²) in [6, 6.07) is 0. The smallest absolute Gasteiger partial charge is 0.361 e. The fourth-order valence-corrected chi connectivity index (χ4v) is 2.95. The molecular weight excluding hydrogens is 325 g/mol. The quantitative estimate of drug-likeness (QED) is 0.930. The molecule has 1 atom stereocenters. The topological polar surface area (TPSA) is 73.0 Å². The van der Waals surface area contributed by atoms with Crippen LogP contribution in [0.2, 0.25) is 0 Å². The van der Waals surface area contributed by atoms with Crippen LogP contribution in [-0.4, -0.2) is 27.2 Å². The number of fused-ring (bicyclic) bond motifs is 1. The summed E-state index contributed by atoms with van der Waals surface area (Å²) in [7, 11) is 0. The SMILES string of the molecule is Cc1noc(C)c1C(=O)NC[C@@H]1CCc2nc(C(F)(F)F)cn2C1. The molecule has 3 rings (SSSR count). The Labute approximate surface area is 136 Å². The zero-order chi connectivity index (χ0) is 17.5. The zero-order valence-corrected chi connectivity index (χ0v) is 13.3. The Kier molecular flexibility index (Phi) is 4.10. The van der Waals surface area contributed by atoms with Gasteiger partial charge in [-0.1, -0.05) is 5.16 Å². The van der Waals surface area contributed by atoms with Crippen LogP contribution in [-0.2, 0) is 19.1 Å². The van der Waals surface area contributed by atoms with Gasteiger partial charge in [0.1, 0.15) is 17.1 Å². The maximum absolute atomic E-state index is 12.7. The van der Waals surface area contributed by atoms with Crippen molar-refractivity contribution in [1.29, 1.82) is 0 Å². The number of hydrogen-bond donors (Lipinski definition) is 1. The number of rotatable bonds is 3. The van der Waals surface area contributed by atoms with Crippen LogP contribution in [0.25, 0.3) is 0 Å². The van der Waals surface area contributed by atoms with E-state index in [0.717, 1.165) is 6.20 Å². The third-order valence-corrected chi connectivity index (χ3v) is 4.19. The van der Waals surface area contributed by atoms with Gasteiger partial charge in [0.2, 0.25) is 0 Å². The monoisotopic (exact) mass is 342 g/mol. The van der Waals surface area contributed by atoms with E-state index in [2.05, 4.69) is 15.5 Å². The van der Waals surface area contributed by atoms with Crippen molar-refractivity contribution in [2.24, 2.45) is 5.92 Å². The molecule has 2 aromatic rings. The van der Waals surface area contributed by atoms with Crippen LogP contribution in [0.3, 0.4) is 0 Å². The molecule has 0 saturated heterocycles. The molecule has 0 aromatic carbocycles. The lowest BCUT2D eigenvalue weighted by atomic mass is 9.99. The average Bonchev–Trinajstić information content (AvgIpc) is 3.07. The number of alkyl halides is 3. The Morgan fingerprint density at radius 3 is 2.83 bits per heavy atom. The minimum Gasteiger partial charge on any atom is -0.361 e. The zero-order valence-electron chi connectivity index (χ0n) is 13.3. The van der Waals surface area contributed by atoms with Crippen LogP contribution in [0.15, 0.2) is 10.7 Å². The summed E-state index contributed by atoms with van der Waals surface area (Å²) in [5.74, 6) is 0.659. The lowest BCUT2D eigenvalue weighted by molar-refractivity contribution is -0.141. The molecule has 0 aliphatic carbocycles. The molecule has 130 valence electrons. The summed E-state index contributed by atoms with van der Waals surface area (Å²) in [5.41, 5.74) is 0.0618. The molecule has 0 spiro atoms. The first-order chi connectivity index (χ1) is 11.3. The number of imidazole rings is 1. The molecule has 24 heavy (non-hydrogen) atoms. The predicted octanol–water partition coefficient (Wildman–Crippen LogP) is 2.50. The van der Waals surface area contributed by atoms with Gasteiger partial charge in [-0.05, 0) is 26.2 Å². The minimum atomic E-state index is -4.43. The largest absolute Gasteiger partial charge is 0.434 e. The maximum Gasteiger partial charge on any atom is 0.434 e. The van der Waals surface area contributed by atoms with Gasteiger partial charge in [0.05, 0.1) is 5.69 Å². The summed E-state index contributed by atoms with van der Waals surface area (Å²) >= 11 is 0. The molecule has 0 fully saturated rings. The highest BCUT2D eigenvalue weighted by atomic mass is 19.4. The molecule has 0 saturated carbocycles. The molecule has 0 radical (unpaired) electrons. The number of nitrogens with zero attached hydrogens (tertiary/aromatic N) is 3. The van der Waals surface area contributed by atoms with E-state index >= 15 is 0 Å². The molecular formula is C15H17F3N4O2. The van der Waals surface area contributed by atoms with Crippen LogP contribution >= 0.6 is 0 Å². The van der Waals surface area contributed by atoms with Crippen LogP contribution in [0.5, 0.6) is 0 Å². The first kappa shape index (κ1) is 16.5. The number of carbonyl (C=O) groups is 1. The highest BCUT2D eigenvalue weighted by molar-refractivity contribution is 5.96. The molecule has 1 N–H and O–H groups in total. The van der Waals surface area contributed by atoms with Crippen molar-refractivity contribution in [2.75, 3.05) is 6.54 Å². The van der Waals surface area contributed by atoms with Gasteiger partial charge >= 0.3 is 6.18 Å². The standard InChI is InChI=1S/C15H17F3N4O2/c1-8-13(9(2)24-21-8)14(23)19-5-10-3-4-12-20-11(15(16,17)18)7-22(12)6-10/h7,10H,3-6H2,1-2H3,(H,19,23)/t10-/m0/s1. The van der Waals surface area contributed by atoms with Gasteiger partial charge in [0, 0.05) is 25.7 Å². The average molecular weight is 342 g/mol. The van der Waals surface area contributed by atoms with Crippen molar-refractivity contribution in [3.05, 3.63) is 34.7 Å². The molecule has 1 aliphatic rings. The summed E-state index contributed by atoms with van der Waals surface area (Å²) in [6.07, 6.45) is -2.26. The number of nitrogens with one attached hydrogen (secondary N) is 1. The normalized spacial score (nSPS) is 17.6. The summed E-state index contributed by atoms with van der Waals surface area (Å²) in [5, 5.41) is 6.54. The van der Waals surface area contributed by atoms with Crippen molar-refractivity contribution in [3.63, 3.8) is 0 Å². The van der Waals surface area contributed by atoms with Gasteiger partial charge in [-0.25, -0.2) is 4.98 Å². The third kappa shape index (κ3) is 3.15. The van der Waals surface area contributed by atoms with E-state index in [4.69, 9.17) is 4.52 Å². The fraction of sp³-hybridized carbons (Fsp3) is 0.533. The Bertz CT molecular complexity index is 744. The third-order valence-electron chi connectivity index (χ3n) is 4.19. The second-order valence-corrected chi connectivity index (χ2v) is 6.01. The molecule has 6 nitrogen and oxygen atoms in total. The van der Waals surface area contributed by atoms with Crippen LogP contribution in [0.1, 0.15) is 39.8 Å². The molecule has 9 heteroatoms. The van der Waals surface area contributed by atoms with E-state index in [1.807, 2.05) is 0 Å². The molecule has 1 aliphatic heterocycles. The second kappa shape index (κ2) is 5.95. The maximum atomic E-state index is 12.7. The Balaban J connectivity index is 1.62. The minimum absolute atomic E-state index is 0.0530. The molecule has 1 amide bonds. The lowest BCUT2D eigenvalue weighted by Crippen LogP contribution is -2.34. The molecule has 0 unspecified atom stereocenters. The van der Waals surface area contributed by atoms with Crippen molar-refractivity contribution in [3.8, 4) is 0 Å². The first-order valence-electron chi connectivity index (χ1n) is 7.60. The van der Waals surface area contributed by atoms with Crippen LogP contribution < -0.4 is 5.32 Å². The van der Waals surface area contributed by atoms with E-state index in [1.54, 1.807) is 13.8 Å². The van der Waals surface area contributed by atoms with E-state index in [-0.39, 0.29) is 11.8 Å². The van der Waals surface area contributed by atoms with Crippen molar-refractivity contribution in [2.45, 2.75) is 39.4 Å². The molecule has 3 heterocycles. The van der Waals surface area contributed by atoms with Gasteiger partial charge in [0.25, 0.3) is 5.91 Å². The predicted molar refractivity (Wildman–Crippen MR) is 77.4 cm³/mol. The van der Waals surface area contributed by atoms with E-state index < -0.39 is 11.9 Å². The van der Waals surface area contributed by atoms with E-state index in [0.29, 0.717) is 48.8 Å². The van der Waals surface area contributed by atoms with Gasteiger partial charge in [-0.15, -0.1) is 0 Å². The summed E-state index contributed by atoms with van der Waals surface area (Å²) in [4.78, 5) is 15.8. The highest BCUT2D eigenvalue weighted by Crippen LogP contribution is 2.30. The number of hydrogen-bond acceptors (Lipinski definition) is 4. The molecule has 0 bridgehead atoms. The number of aromatic nitrogens is 3. The summed E-state index contributed by atoms with van der Waals surface area (Å²) in [6.45, 7) is 4.12. The lowest BCUT2D eigenvalue weighted by Gasteiger charge is -2.23. The van der Waals surface area contributed by atoms with Crippen molar-refractivity contribution >= 4 is 5.91 Å². The number of aryl methyl sites for hydroxylation is 3. The molecule has 2 aromatic heterocycles. The van der Waals surface area contributed by atoms with Gasteiger partial charge < -0.3 is 14.4 Å². The highest BCUT2D eigenvalue weighted by Gasteiger charge is 2.35. The van der Waals surface area contributed by atoms with Gasteiger partial charge in [0.15, 0.2) is 5.69 Å². The van der Waals surface area contributed by atoms with Crippen LogP contribution in [0.4, 0.5) is 13.2 Å². The van der Waals surface area contributed by atoms with Crippen molar-refractivity contribution in [1.82, 2.24) is 20.0 Å². The first-order valence-corrected chi connectivity index (χ1v) is 7.60. The number of amides is 1. The Morgan fingerprint density at radius 2 is 2.21 bits per heavy atom. The van der Waals surface area contributed by atoms with Gasteiger partial charge in [-0.2, -0.15) is 13.2 Å². The van der Waals surface area contributed by atoms with Gasteiger partial charge in [-0.3, -0.25) is 4.79 Å². The van der Waals surface area contributed by atoms with E-state index in [1.165, 1.54) is 4.57 Å². The second-order valence-electron chi connectivity index (χ2n) is 6.01. The van der Waals surface area contributed by atoms with Crippen LogP contribution in [0, 0.1) is 19.8 Å².